The van der Waals surface area contributed by atoms with Gasteiger partial charge in [0, 0.05) is 37.2 Å². The summed E-state index contributed by atoms with van der Waals surface area (Å²) in [5, 5.41) is 0. The molecule has 0 radical (unpaired) electrons. The Morgan fingerprint density at radius 3 is 2.60 bits per heavy atom. The Morgan fingerprint density at radius 2 is 1.80 bits per heavy atom. The highest BCUT2D eigenvalue weighted by Crippen LogP contribution is 2.33. The van der Waals surface area contributed by atoms with Gasteiger partial charge in [0.1, 0.15) is 17.3 Å². The number of carbonyl (C=O) groups excluding carboxylic acids is 1. The first-order valence-corrected chi connectivity index (χ1v) is 12.3. The number of hydrogen-bond donors (Lipinski definition) is 0. The Labute approximate surface area is 206 Å². The van der Waals surface area contributed by atoms with Gasteiger partial charge in [0.15, 0.2) is 0 Å². The quantitative estimate of drug-likeness (QED) is 0.300. The first-order chi connectivity index (χ1) is 17.2. The van der Waals surface area contributed by atoms with Gasteiger partial charge in [-0.25, -0.2) is 4.98 Å². The number of fused-ring (bicyclic) bond motifs is 1. The van der Waals surface area contributed by atoms with Crippen molar-refractivity contribution >= 4 is 22.6 Å². The SMILES string of the molecule is CCc1ccc(N2CC(c3nc4ccccc4n3CCCOc3cccc(OC)c3)CC2=O)cc1. The van der Waals surface area contributed by atoms with E-state index in [-0.39, 0.29) is 11.8 Å². The van der Waals surface area contributed by atoms with Gasteiger partial charge in [-0.1, -0.05) is 37.3 Å². The van der Waals surface area contributed by atoms with Gasteiger partial charge in [-0.2, -0.15) is 0 Å². The van der Waals surface area contributed by atoms with E-state index in [9.17, 15) is 4.79 Å². The number of amides is 1. The molecule has 4 aromatic rings. The maximum atomic E-state index is 13.0. The molecule has 1 atom stereocenters. The van der Waals surface area contributed by atoms with Crippen LogP contribution in [0.25, 0.3) is 11.0 Å². The fourth-order valence-electron chi connectivity index (χ4n) is 4.79. The Bertz CT molecular complexity index is 1310. The third kappa shape index (κ3) is 4.87. The Morgan fingerprint density at radius 1 is 1.00 bits per heavy atom. The van der Waals surface area contributed by atoms with E-state index < -0.39 is 0 Å². The highest BCUT2D eigenvalue weighted by molar-refractivity contribution is 5.96. The van der Waals surface area contributed by atoms with Crippen molar-refractivity contribution in [1.29, 1.82) is 0 Å². The molecule has 1 saturated heterocycles. The van der Waals surface area contributed by atoms with Gasteiger partial charge in [0.05, 0.1) is 24.8 Å². The van der Waals surface area contributed by atoms with Gasteiger partial charge in [-0.15, -0.1) is 0 Å². The minimum atomic E-state index is 0.0556. The monoisotopic (exact) mass is 469 g/mol. The van der Waals surface area contributed by atoms with E-state index in [1.165, 1.54) is 5.56 Å². The van der Waals surface area contributed by atoms with Crippen LogP contribution in [0.3, 0.4) is 0 Å². The van der Waals surface area contributed by atoms with Crippen molar-refractivity contribution in [3.05, 3.63) is 84.2 Å². The number of methoxy groups -OCH3 is 1. The van der Waals surface area contributed by atoms with Gasteiger partial charge in [-0.05, 0) is 54.8 Å². The molecule has 0 bridgehead atoms. The maximum Gasteiger partial charge on any atom is 0.227 e. The van der Waals surface area contributed by atoms with Crippen molar-refractivity contribution < 1.29 is 14.3 Å². The molecule has 3 aromatic carbocycles. The molecule has 0 spiro atoms. The summed E-state index contributed by atoms with van der Waals surface area (Å²) in [7, 11) is 1.65. The second-order valence-electron chi connectivity index (χ2n) is 8.92. The molecule has 5 rings (SSSR count). The third-order valence-electron chi connectivity index (χ3n) is 6.67. The Balaban J connectivity index is 1.32. The second kappa shape index (κ2) is 10.2. The molecule has 1 fully saturated rings. The number of imidazole rings is 1. The van der Waals surface area contributed by atoms with Crippen LogP contribution in [0.2, 0.25) is 0 Å². The highest BCUT2D eigenvalue weighted by Gasteiger charge is 2.34. The molecule has 2 heterocycles. The molecule has 1 aliphatic rings. The summed E-state index contributed by atoms with van der Waals surface area (Å²) >= 11 is 0. The summed E-state index contributed by atoms with van der Waals surface area (Å²) in [6.45, 7) is 4.14. The molecule has 1 aromatic heterocycles. The summed E-state index contributed by atoms with van der Waals surface area (Å²) in [6, 6.07) is 24.2. The number of para-hydroxylation sites is 2. The molecule has 0 N–H and O–H groups in total. The van der Waals surface area contributed by atoms with Crippen LogP contribution in [0.4, 0.5) is 5.69 Å². The average Bonchev–Trinajstić information content (AvgIpc) is 3.47. The molecule has 1 unspecified atom stereocenters. The van der Waals surface area contributed by atoms with Crippen LogP contribution in [0.1, 0.15) is 37.1 Å². The fourth-order valence-corrected chi connectivity index (χ4v) is 4.79. The fraction of sp³-hybridized carbons (Fsp3) is 0.310. The van der Waals surface area contributed by atoms with E-state index in [1.54, 1.807) is 7.11 Å². The molecule has 0 aliphatic carbocycles. The van der Waals surface area contributed by atoms with Crippen molar-refractivity contribution in [2.24, 2.45) is 0 Å². The van der Waals surface area contributed by atoms with E-state index in [4.69, 9.17) is 14.5 Å². The van der Waals surface area contributed by atoms with Gasteiger partial charge in [-0.3, -0.25) is 4.79 Å². The van der Waals surface area contributed by atoms with Gasteiger partial charge in [0.25, 0.3) is 0 Å². The number of rotatable bonds is 9. The van der Waals surface area contributed by atoms with Crippen LogP contribution >= 0.6 is 0 Å². The maximum absolute atomic E-state index is 13.0. The first kappa shape index (κ1) is 23.0. The van der Waals surface area contributed by atoms with E-state index in [0.717, 1.165) is 53.4 Å². The predicted molar refractivity (Wildman–Crippen MR) is 138 cm³/mol. The minimum Gasteiger partial charge on any atom is -0.497 e. The number of aromatic nitrogens is 2. The number of carbonyl (C=O) groups is 1. The zero-order valence-corrected chi connectivity index (χ0v) is 20.3. The summed E-state index contributed by atoms with van der Waals surface area (Å²) in [5.74, 6) is 2.77. The van der Waals surface area contributed by atoms with Gasteiger partial charge < -0.3 is 18.9 Å². The van der Waals surface area contributed by atoms with Crippen LogP contribution in [-0.2, 0) is 17.8 Å². The lowest BCUT2D eigenvalue weighted by Crippen LogP contribution is -2.24. The molecular weight excluding hydrogens is 438 g/mol. The van der Waals surface area contributed by atoms with E-state index in [1.807, 2.05) is 47.4 Å². The van der Waals surface area contributed by atoms with Crippen LogP contribution in [0.5, 0.6) is 11.5 Å². The first-order valence-electron chi connectivity index (χ1n) is 12.3. The van der Waals surface area contributed by atoms with Crippen LogP contribution in [0.15, 0.2) is 72.8 Å². The number of ether oxygens (including phenoxy) is 2. The number of anilines is 1. The minimum absolute atomic E-state index is 0.0556. The molecule has 35 heavy (non-hydrogen) atoms. The van der Waals surface area contributed by atoms with E-state index in [0.29, 0.717) is 19.6 Å². The summed E-state index contributed by atoms with van der Waals surface area (Å²) in [5.41, 5.74) is 4.30. The summed E-state index contributed by atoms with van der Waals surface area (Å²) in [4.78, 5) is 19.8. The van der Waals surface area contributed by atoms with Crippen LogP contribution in [0, 0.1) is 0 Å². The van der Waals surface area contributed by atoms with Gasteiger partial charge in [0.2, 0.25) is 5.91 Å². The lowest BCUT2D eigenvalue weighted by molar-refractivity contribution is -0.117. The summed E-state index contributed by atoms with van der Waals surface area (Å²) in [6.07, 6.45) is 2.29. The largest absolute Gasteiger partial charge is 0.497 e. The zero-order valence-electron chi connectivity index (χ0n) is 20.3. The number of nitrogens with zero attached hydrogens (tertiary/aromatic N) is 3. The predicted octanol–water partition coefficient (Wildman–Crippen LogP) is 5.60. The van der Waals surface area contributed by atoms with Crippen molar-refractivity contribution in [1.82, 2.24) is 9.55 Å². The molecule has 180 valence electrons. The lowest BCUT2D eigenvalue weighted by Gasteiger charge is -2.18. The number of hydrogen-bond acceptors (Lipinski definition) is 4. The standard InChI is InChI=1S/C29H31N3O3/c1-3-21-12-14-23(15-13-21)32-20-22(18-28(32)33)29-30-26-10-4-5-11-27(26)31(29)16-7-17-35-25-9-6-8-24(19-25)34-2/h4-6,8-15,19,22H,3,7,16-18,20H2,1-2H3. The molecular formula is C29H31N3O3. The lowest BCUT2D eigenvalue weighted by atomic mass is 10.1. The van der Waals surface area contributed by atoms with Crippen molar-refractivity contribution in [3.63, 3.8) is 0 Å². The molecule has 6 heteroatoms. The Hall–Kier alpha value is -3.80. The summed E-state index contributed by atoms with van der Waals surface area (Å²) < 4.78 is 13.5. The molecule has 0 saturated carbocycles. The molecule has 1 amide bonds. The van der Waals surface area contributed by atoms with Crippen LogP contribution in [-0.4, -0.2) is 35.7 Å². The topological polar surface area (TPSA) is 56.6 Å². The van der Waals surface area contributed by atoms with Crippen molar-refractivity contribution in [2.75, 3.05) is 25.2 Å². The van der Waals surface area contributed by atoms with E-state index in [2.05, 4.69) is 41.8 Å². The smallest absolute Gasteiger partial charge is 0.227 e. The number of benzene rings is 3. The molecule has 1 aliphatic heterocycles. The molecule has 6 nitrogen and oxygen atoms in total. The highest BCUT2D eigenvalue weighted by atomic mass is 16.5. The number of aryl methyl sites for hydroxylation is 2. The van der Waals surface area contributed by atoms with Gasteiger partial charge >= 0.3 is 0 Å². The van der Waals surface area contributed by atoms with E-state index >= 15 is 0 Å². The second-order valence-corrected chi connectivity index (χ2v) is 8.92. The van der Waals surface area contributed by atoms with Crippen LogP contribution < -0.4 is 14.4 Å². The zero-order chi connectivity index (χ0) is 24.2. The van der Waals surface area contributed by atoms with Crippen molar-refractivity contribution in [3.8, 4) is 11.5 Å². The normalized spacial score (nSPS) is 15.7. The Kier molecular flexibility index (Phi) is 6.70. The van der Waals surface area contributed by atoms with Crippen molar-refractivity contribution in [2.45, 2.75) is 38.6 Å². The third-order valence-corrected chi connectivity index (χ3v) is 6.67. The average molecular weight is 470 g/mol.